The average Bonchev–Trinajstić information content (AvgIpc) is 3.09. The predicted molar refractivity (Wildman–Crippen MR) is 78.7 cm³/mol. The van der Waals surface area contributed by atoms with Gasteiger partial charge in [0.15, 0.2) is 11.5 Å². The second kappa shape index (κ2) is 5.96. The summed E-state index contributed by atoms with van der Waals surface area (Å²) >= 11 is 0. The third-order valence-corrected chi connectivity index (χ3v) is 3.14. The minimum absolute atomic E-state index is 0.107. The summed E-state index contributed by atoms with van der Waals surface area (Å²) in [6, 6.07) is 9.57. The molecule has 2 heterocycles. The summed E-state index contributed by atoms with van der Waals surface area (Å²) in [4.78, 5) is 20.0. The Bertz CT molecular complexity index is 889. The van der Waals surface area contributed by atoms with Crippen molar-refractivity contribution in [3.05, 3.63) is 60.3 Å². The molecule has 0 amide bonds. The van der Waals surface area contributed by atoms with E-state index in [-0.39, 0.29) is 11.5 Å². The van der Waals surface area contributed by atoms with Gasteiger partial charge in [0.25, 0.3) is 0 Å². The van der Waals surface area contributed by atoms with Crippen molar-refractivity contribution in [1.29, 1.82) is 0 Å². The van der Waals surface area contributed by atoms with Crippen LogP contribution in [0, 0.1) is 0 Å². The molecule has 0 saturated heterocycles. The molecule has 1 aromatic carbocycles. The third-order valence-electron chi connectivity index (χ3n) is 3.14. The molecule has 0 saturated carbocycles. The number of nitrogens with zero attached hydrogens (tertiary/aromatic N) is 2. The first-order valence-electron chi connectivity index (χ1n) is 6.59. The average molecular weight is 316 g/mol. The van der Waals surface area contributed by atoms with Gasteiger partial charge in [-0.3, -0.25) is 9.78 Å². The van der Waals surface area contributed by atoms with Gasteiger partial charge in [0, 0.05) is 0 Å². The van der Waals surface area contributed by atoms with E-state index in [2.05, 4.69) is 9.97 Å². The third kappa shape index (κ3) is 2.80. The van der Waals surface area contributed by atoms with Gasteiger partial charge in [-0.1, -0.05) is 12.1 Å². The van der Waals surface area contributed by atoms with Gasteiger partial charge in [0.2, 0.25) is 5.78 Å². The van der Waals surface area contributed by atoms with E-state index in [9.17, 15) is 18.7 Å². The monoisotopic (exact) mass is 316 g/mol. The molecule has 0 fully saturated rings. The first-order chi connectivity index (χ1) is 11.1. The highest BCUT2D eigenvalue weighted by Gasteiger charge is 2.28. The van der Waals surface area contributed by atoms with Crippen LogP contribution >= 0.6 is 0 Å². The molecule has 5 nitrogen and oxygen atoms in total. The van der Waals surface area contributed by atoms with Crippen molar-refractivity contribution >= 4 is 28.1 Å². The standard InChI is InChI=1S/C16H10F2N2O3/c17-16(18)15(22)13(14(21)12-6-3-7-23-12)11-8-19-9-4-1-2-5-10(9)20-11/h1-8,16,21H/b14-13+. The van der Waals surface area contributed by atoms with Crippen LogP contribution in [0.25, 0.3) is 22.4 Å². The van der Waals surface area contributed by atoms with Crippen LogP contribution in [0.4, 0.5) is 8.78 Å². The molecule has 3 rings (SSSR count). The number of hydrogen-bond acceptors (Lipinski definition) is 5. The van der Waals surface area contributed by atoms with Gasteiger partial charge in [-0.05, 0) is 24.3 Å². The number of fused-ring (bicyclic) bond motifs is 1. The Kier molecular flexibility index (Phi) is 3.84. The maximum absolute atomic E-state index is 12.9. The number of carbonyl (C=O) groups is 1. The molecule has 0 atom stereocenters. The number of aliphatic hydroxyl groups is 1. The van der Waals surface area contributed by atoms with E-state index in [0.717, 1.165) is 6.20 Å². The van der Waals surface area contributed by atoms with Crippen LogP contribution in [-0.2, 0) is 4.79 Å². The maximum atomic E-state index is 12.9. The fourth-order valence-electron chi connectivity index (χ4n) is 2.09. The Hall–Kier alpha value is -3.09. The molecule has 0 unspecified atom stereocenters. The Labute approximate surface area is 128 Å². The normalized spacial score (nSPS) is 12.5. The van der Waals surface area contributed by atoms with Crippen LogP contribution in [0.2, 0.25) is 0 Å². The van der Waals surface area contributed by atoms with Crippen molar-refractivity contribution in [2.45, 2.75) is 6.43 Å². The van der Waals surface area contributed by atoms with Crippen LogP contribution in [0.5, 0.6) is 0 Å². The van der Waals surface area contributed by atoms with Gasteiger partial charge < -0.3 is 9.52 Å². The van der Waals surface area contributed by atoms with Gasteiger partial charge in [-0.2, -0.15) is 0 Å². The first kappa shape index (κ1) is 14.8. The zero-order valence-corrected chi connectivity index (χ0v) is 11.6. The summed E-state index contributed by atoms with van der Waals surface area (Å²) in [7, 11) is 0. The Balaban J connectivity index is 2.21. The maximum Gasteiger partial charge on any atom is 0.300 e. The minimum atomic E-state index is -3.30. The lowest BCUT2D eigenvalue weighted by atomic mass is 10.1. The molecule has 23 heavy (non-hydrogen) atoms. The number of furan rings is 1. The molecule has 0 aliphatic heterocycles. The second-order valence-electron chi connectivity index (χ2n) is 4.61. The van der Waals surface area contributed by atoms with Crippen LogP contribution < -0.4 is 0 Å². The lowest BCUT2D eigenvalue weighted by Gasteiger charge is -2.08. The van der Waals surface area contributed by atoms with Gasteiger partial charge >= 0.3 is 6.43 Å². The van der Waals surface area contributed by atoms with E-state index in [0.29, 0.717) is 11.0 Å². The highest BCUT2D eigenvalue weighted by atomic mass is 19.3. The van der Waals surface area contributed by atoms with Crippen molar-refractivity contribution in [2.75, 3.05) is 0 Å². The molecular formula is C16H10F2N2O3. The highest BCUT2D eigenvalue weighted by Crippen LogP contribution is 2.27. The SMILES string of the molecule is O=C(/C(=C(/O)c1ccco1)c1cnc2ccccc2n1)C(F)F. The van der Waals surface area contributed by atoms with Crippen molar-refractivity contribution in [1.82, 2.24) is 9.97 Å². The summed E-state index contributed by atoms with van der Waals surface area (Å²) in [6.45, 7) is 0. The van der Waals surface area contributed by atoms with Gasteiger partial charge in [0.05, 0.1) is 34.8 Å². The molecule has 3 aromatic rings. The topological polar surface area (TPSA) is 76.2 Å². The molecule has 7 heteroatoms. The van der Waals surface area contributed by atoms with E-state index in [1.54, 1.807) is 24.3 Å². The smallest absolute Gasteiger partial charge is 0.300 e. The van der Waals surface area contributed by atoms with E-state index < -0.39 is 23.5 Å². The van der Waals surface area contributed by atoms with Crippen LogP contribution in [-0.4, -0.2) is 27.3 Å². The quantitative estimate of drug-likeness (QED) is 0.589. The molecule has 1 N–H and O–H groups in total. The number of aliphatic hydroxyl groups excluding tert-OH is 1. The summed E-state index contributed by atoms with van der Waals surface area (Å²) in [5, 5.41) is 10.2. The molecule has 0 radical (unpaired) electrons. The predicted octanol–water partition coefficient (Wildman–Crippen LogP) is 3.48. The van der Waals surface area contributed by atoms with E-state index >= 15 is 0 Å². The zero-order chi connectivity index (χ0) is 16.4. The van der Waals surface area contributed by atoms with Crippen molar-refractivity contribution in [2.24, 2.45) is 0 Å². The zero-order valence-electron chi connectivity index (χ0n) is 11.6. The molecule has 0 spiro atoms. The van der Waals surface area contributed by atoms with Crippen molar-refractivity contribution < 1.29 is 23.1 Å². The van der Waals surface area contributed by atoms with Gasteiger partial charge in [-0.15, -0.1) is 0 Å². The Morgan fingerprint density at radius 2 is 1.87 bits per heavy atom. The number of Topliss-reactive ketones (excluding diaryl/α,β-unsaturated/α-hetero) is 1. The minimum Gasteiger partial charge on any atom is -0.504 e. The number of benzene rings is 1. The number of halogens is 2. The van der Waals surface area contributed by atoms with E-state index in [1.807, 2.05) is 0 Å². The molecule has 0 aliphatic carbocycles. The lowest BCUT2D eigenvalue weighted by molar-refractivity contribution is -0.123. The largest absolute Gasteiger partial charge is 0.504 e. The fourth-order valence-corrected chi connectivity index (χ4v) is 2.09. The molecule has 2 aromatic heterocycles. The van der Waals surface area contributed by atoms with Crippen LogP contribution in [0.3, 0.4) is 0 Å². The van der Waals surface area contributed by atoms with Crippen LogP contribution in [0.1, 0.15) is 11.5 Å². The summed E-state index contributed by atoms with van der Waals surface area (Å²) in [6.07, 6.45) is -0.880. The number of rotatable bonds is 4. The number of allylic oxidation sites excluding steroid dienone is 1. The number of alkyl halides is 2. The fraction of sp³-hybridized carbons (Fsp3) is 0.0625. The van der Waals surface area contributed by atoms with Crippen molar-refractivity contribution in [3.63, 3.8) is 0 Å². The number of ketones is 1. The van der Waals surface area contributed by atoms with E-state index in [4.69, 9.17) is 4.42 Å². The van der Waals surface area contributed by atoms with Gasteiger partial charge in [0.1, 0.15) is 0 Å². The summed E-state index contributed by atoms with van der Waals surface area (Å²) < 4.78 is 30.8. The van der Waals surface area contributed by atoms with Crippen LogP contribution in [0.15, 0.2) is 53.3 Å². The Morgan fingerprint density at radius 1 is 1.13 bits per heavy atom. The highest BCUT2D eigenvalue weighted by molar-refractivity contribution is 6.27. The van der Waals surface area contributed by atoms with Crippen molar-refractivity contribution in [3.8, 4) is 0 Å². The molecule has 0 aliphatic rings. The van der Waals surface area contributed by atoms with Gasteiger partial charge in [-0.25, -0.2) is 13.8 Å². The first-order valence-corrected chi connectivity index (χ1v) is 6.59. The van der Waals surface area contributed by atoms with E-state index in [1.165, 1.54) is 18.4 Å². The second-order valence-corrected chi connectivity index (χ2v) is 4.61. The number of para-hydroxylation sites is 2. The Morgan fingerprint density at radius 3 is 2.52 bits per heavy atom. The summed E-state index contributed by atoms with van der Waals surface area (Å²) in [5.41, 5.74) is 0.172. The number of carbonyl (C=O) groups excluding carboxylic acids is 1. The number of aromatic nitrogens is 2. The molecular weight excluding hydrogens is 306 g/mol. The number of hydrogen-bond donors (Lipinski definition) is 1. The lowest BCUT2D eigenvalue weighted by Crippen LogP contribution is -2.15. The molecule has 0 bridgehead atoms. The molecule has 116 valence electrons. The summed E-state index contributed by atoms with van der Waals surface area (Å²) in [5.74, 6) is -2.36.